The van der Waals surface area contributed by atoms with E-state index in [4.69, 9.17) is 10.3 Å². The molecule has 6 heteroatoms. The number of nitrogens with two attached hydrogens (primary N) is 1. The highest BCUT2D eigenvalue weighted by Gasteiger charge is 2.23. The highest BCUT2D eigenvalue weighted by Crippen LogP contribution is 2.22. The van der Waals surface area contributed by atoms with E-state index in [1.807, 2.05) is 20.8 Å². The summed E-state index contributed by atoms with van der Waals surface area (Å²) < 4.78 is 31.4. The van der Waals surface area contributed by atoms with Crippen LogP contribution in [-0.2, 0) is 6.42 Å². The fourth-order valence-electron chi connectivity index (χ4n) is 1.63. The van der Waals surface area contributed by atoms with Gasteiger partial charge >= 0.3 is 0 Å². The van der Waals surface area contributed by atoms with E-state index in [9.17, 15) is 8.78 Å². The van der Waals surface area contributed by atoms with Crippen molar-refractivity contribution in [1.82, 2.24) is 10.1 Å². The lowest BCUT2D eigenvalue weighted by atomic mass is 9.85. The van der Waals surface area contributed by atoms with Gasteiger partial charge in [-0.15, -0.1) is 0 Å². The zero-order chi connectivity index (χ0) is 14.9. The van der Waals surface area contributed by atoms with E-state index in [0.29, 0.717) is 12.3 Å². The first-order chi connectivity index (χ1) is 9.25. The van der Waals surface area contributed by atoms with Gasteiger partial charge in [0.2, 0.25) is 11.7 Å². The van der Waals surface area contributed by atoms with Crippen molar-refractivity contribution < 1.29 is 13.3 Å². The van der Waals surface area contributed by atoms with Gasteiger partial charge in [0.05, 0.1) is 0 Å². The maximum atomic E-state index is 13.1. The van der Waals surface area contributed by atoms with Crippen LogP contribution in [0.3, 0.4) is 0 Å². The molecule has 1 heterocycles. The molecule has 0 bridgehead atoms. The van der Waals surface area contributed by atoms with E-state index in [0.717, 1.165) is 18.2 Å². The predicted octanol–water partition coefficient (Wildman–Crippen LogP) is 2.93. The standard InChI is InChI=1S/C14H17F2N3O/c1-14(2,3)11(17)7-12-18-13(19-20-12)8-4-9(15)6-10(16)5-8/h4-6,11H,7,17H2,1-3H3. The Hall–Kier alpha value is -1.82. The summed E-state index contributed by atoms with van der Waals surface area (Å²) >= 11 is 0. The summed E-state index contributed by atoms with van der Waals surface area (Å²) in [5.41, 5.74) is 6.17. The van der Waals surface area contributed by atoms with Crippen molar-refractivity contribution in [3.63, 3.8) is 0 Å². The average Bonchev–Trinajstić information content (AvgIpc) is 2.75. The van der Waals surface area contributed by atoms with E-state index in [1.165, 1.54) is 0 Å². The molecule has 1 unspecified atom stereocenters. The van der Waals surface area contributed by atoms with Gasteiger partial charge in [0.25, 0.3) is 0 Å². The number of aromatic nitrogens is 2. The van der Waals surface area contributed by atoms with Crippen LogP contribution in [0.5, 0.6) is 0 Å². The van der Waals surface area contributed by atoms with Crippen LogP contribution in [-0.4, -0.2) is 16.2 Å². The first-order valence-corrected chi connectivity index (χ1v) is 6.30. The lowest BCUT2D eigenvalue weighted by Crippen LogP contribution is -2.36. The quantitative estimate of drug-likeness (QED) is 0.939. The van der Waals surface area contributed by atoms with Crippen molar-refractivity contribution >= 4 is 0 Å². The Morgan fingerprint density at radius 2 is 1.80 bits per heavy atom. The van der Waals surface area contributed by atoms with Gasteiger partial charge in [-0.2, -0.15) is 4.98 Å². The van der Waals surface area contributed by atoms with Crippen LogP contribution in [0.25, 0.3) is 11.4 Å². The van der Waals surface area contributed by atoms with Gasteiger partial charge in [0.15, 0.2) is 0 Å². The van der Waals surface area contributed by atoms with Gasteiger partial charge in [-0.3, -0.25) is 0 Å². The first kappa shape index (κ1) is 14.6. The Kier molecular flexibility index (Phi) is 3.85. The zero-order valence-corrected chi connectivity index (χ0v) is 11.7. The number of hydrogen-bond donors (Lipinski definition) is 1. The molecule has 0 fully saturated rings. The molecule has 0 saturated heterocycles. The summed E-state index contributed by atoms with van der Waals surface area (Å²) in [5.74, 6) is -0.859. The summed E-state index contributed by atoms with van der Waals surface area (Å²) in [5, 5.41) is 3.73. The van der Waals surface area contributed by atoms with E-state index in [-0.39, 0.29) is 22.8 Å². The van der Waals surface area contributed by atoms with Crippen molar-refractivity contribution in [3.05, 3.63) is 35.7 Å². The molecule has 0 aliphatic carbocycles. The lowest BCUT2D eigenvalue weighted by Gasteiger charge is -2.25. The minimum atomic E-state index is -0.683. The summed E-state index contributed by atoms with van der Waals surface area (Å²) in [4.78, 5) is 4.13. The minimum absolute atomic E-state index is 0.0976. The molecule has 4 nitrogen and oxygen atoms in total. The summed E-state index contributed by atoms with van der Waals surface area (Å²) in [6, 6.07) is 2.95. The third kappa shape index (κ3) is 3.39. The molecule has 2 aromatic rings. The van der Waals surface area contributed by atoms with Crippen molar-refractivity contribution in [2.24, 2.45) is 11.1 Å². The van der Waals surface area contributed by atoms with Gasteiger partial charge in [-0.1, -0.05) is 25.9 Å². The van der Waals surface area contributed by atoms with Gasteiger partial charge in [-0.25, -0.2) is 8.78 Å². The fourth-order valence-corrected chi connectivity index (χ4v) is 1.63. The molecule has 0 saturated carbocycles. The largest absolute Gasteiger partial charge is 0.339 e. The van der Waals surface area contributed by atoms with E-state index in [1.54, 1.807) is 0 Å². The average molecular weight is 281 g/mol. The van der Waals surface area contributed by atoms with Gasteiger partial charge < -0.3 is 10.3 Å². The van der Waals surface area contributed by atoms with E-state index < -0.39 is 11.6 Å². The molecule has 108 valence electrons. The van der Waals surface area contributed by atoms with Crippen LogP contribution in [0.4, 0.5) is 8.78 Å². The molecule has 0 aliphatic heterocycles. The highest BCUT2D eigenvalue weighted by molar-refractivity contribution is 5.54. The van der Waals surface area contributed by atoms with Gasteiger partial charge in [0.1, 0.15) is 11.6 Å². The third-order valence-electron chi connectivity index (χ3n) is 3.10. The Morgan fingerprint density at radius 1 is 1.20 bits per heavy atom. The van der Waals surface area contributed by atoms with Crippen LogP contribution in [0.15, 0.2) is 22.7 Å². The number of rotatable bonds is 3. The molecule has 0 amide bonds. The molecule has 2 rings (SSSR count). The molecular formula is C14H17F2N3O. The van der Waals surface area contributed by atoms with Crippen LogP contribution in [0, 0.1) is 17.0 Å². The SMILES string of the molecule is CC(C)(C)C(N)Cc1nc(-c2cc(F)cc(F)c2)no1. The molecule has 2 N–H and O–H groups in total. The highest BCUT2D eigenvalue weighted by atomic mass is 19.1. The second-order valence-electron chi connectivity index (χ2n) is 5.85. The lowest BCUT2D eigenvalue weighted by molar-refractivity contribution is 0.286. The van der Waals surface area contributed by atoms with Crippen LogP contribution >= 0.6 is 0 Å². The van der Waals surface area contributed by atoms with Crippen LogP contribution in [0.1, 0.15) is 26.7 Å². The Bertz CT molecular complexity index is 584. The number of benzene rings is 1. The Labute approximate surface area is 116 Å². The van der Waals surface area contributed by atoms with Crippen LogP contribution in [0.2, 0.25) is 0 Å². The van der Waals surface area contributed by atoms with Crippen LogP contribution < -0.4 is 5.73 Å². The van der Waals surface area contributed by atoms with Crippen molar-refractivity contribution in [1.29, 1.82) is 0 Å². The summed E-state index contributed by atoms with van der Waals surface area (Å²) in [7, 11) is 0. The zero-order valence-electron chi connectivity index (χ0n) is 11.7. The maximum absolute atomic E-state index is 13.1. The second-order valence-corrected chi connectivity index (χ2v) is 5.85. The van der Waals surface area contributed by atoms with Crippen molar-refractivity contribution in [3.8, 4) is 11.4 Å². The summed E-state index contributed by atoms with van der Waals surface area (Å²) in [6.07, 6.45) is 0.411. The van der Waals surface area contributed by atoms with E-state index >= 15 is 0 Å². The monoisotopic (exact) mass is 281 g/mol. The van der Waals surface area contributed by atoms with Crippen molar-refractivity contribution in [2.75, 3.05) is 0 Å². The smallest absolute Gasteiger partial charge is 0.228 e. The molecule has 20 heavy (non-hydrogen) atoms. The predicted molar refractivity (Wildman–Crippen MR) is 70.8 cm³/mol. The Morgan fingerprint density at radius 3 is 2.35 bits per heavy atom. The first-order valence-electron chi connectivity index (χ1n) is 6.30. The Balaban J connectivity index is 2.21. The molecule has 1 atom stereocenters. The normalized spacial score (nSPS) is 13.5. The number of hydrogen-bond acceptors (Lipinski definition) is 4. The minimum Gasteiger partial charge on any atom is -0.339 e. The molecular weight excluding hydrogens is 264 g/mol. The number of halogens is 2. The third-order valence-corrected chi connectivity index (χ3v) is 3.10. The topological polar surface area (TPSA) is 64.9 Å². The molecule has 0 spiro atoms. The molecule has 1 aromatic heterocycles. The molecule has 1 aromatic carbocycles. The van der Waals surface area contributed by atoms with E-state index in [2.05, 4.69) is 10.1 Å². The fraction of sp³-hybridized carbons (Fsp3) is 0.429. The number of nitrogens with zero attached hydrogens (tertiary/aromatic N) is 2. The van der Waals surface area contributed by atoms with Gasteiger partial charge in [0, 0.05) is 24.1 Å². The summed E-state index contributed by atoms with van der Waals surface area (Å²) in [6.45, 7) is 6.03. The van der Waals surface area contributed by atoms with Crippen molar-refractivity contribution in [2.45, 2.75) is 33.2 Å². The maximum Gasteiger partial charge on any atom is 0.228 e. The molecule has 0 radical (unpaired) electrons. The second kappa shape index (κ2) is 5.28. The van der Waals surface area contributed by atoms with Gasteiger partial charge in [-0.05, 0) is 17.5 Å². The molecule has 0 aliphatic rings.